The first-order valence-corrected chi connectivity index (χ1v) is 7.28. The zero-order valence-electron chi connectivity index (χ0n) is 11.6. The molecule has 2 aliphatic heterocycles. The molecular weight excluding hydrogens is 258 g/mol. The molecule has 0 aromatic carbocycles. The summed E-state index contributed by atoms with van der Waals surface area (Å²) in [5.74, 6) is 0.679. The molecule has 3 rings (SSSR count). The first-order chi connectivity index (χ1) is 9.83. The van der Waals surface area contributed by atoms with Crippen LogP contribution in [0.3, 0.4) is 0 Å². The van der Waals surface area contributed by atoms with Crippen molar-refractivity contribution in [3.8, 4) is 0 Å². The van der Waals surface area contributed by atoms with Gasteiger partial charge in [-0.3, -0.25) is 9.69 Å². The lowest BCUT2D eigenvalue weighted by Crippen LogP contribution is -2.44. The van der Waals surface area contributed by atoms with Crippen LogP contribution in [0.2, 0.25) is 0 Å². The summed E-state index contributed by atoms with van der Waals surface area (Å²) in [6.07, 6.45) is 3.63. The average Bonchev–Trinajstić information content (AvgIpc) is 3.03. The second kappa shape index (κ2) is 6.32. The van der Waals surface area contributed by atoms with Crippen molar-refractivity contribution in [2.24, 2.45) is 5.92 Å². The van der Waals surface area contributed by atoms with Crippen LogP contribution in [0.4, 0.5) is 0 Å². The Morgan fingerprint density at radius 3 is 2.70 bits per heavy atom. The minimum Gasteiger partial charge on any atom is -0.379 e. The molecule has 0 unspecified atom stereocenters. The number of nitrogens with one attached hydrogen (secondary N) is 1. The second-order valence-electron chi connectivity index (χ2n) is 5.50. The van der Waals surface area contributed by atoms with Crippen LogP contribution < -0.4 is 0 Å². The monoisotopic (exact) mass is 279 g/mol. The van der Waals surface area contributed by atoms with E-state index in [0.29, 0.717) is 11.6 Å². The number of likely N-dealkylation sites (tertiary alicyclic amines) is 1. The number of carbonyl (C=O) groups is 1. The quantitative estimate of drug-likeness (QED) is 0.842. The van der Waals surface area contributed by atoms with E-state index in [1.807, 2.05) is 4.90 Å². The Hall–Kier alpha value is -1.47. The van der Waals surface area contributed by atoms with Gasteiger partial charge >= 0.3 is 0 Å². The summed E-state index contributed by atoms with van der Waals surface area (Å²) in [5, 5.41) is 10.0. The lowest BCUT2D eigenvalue weighted by atomic mass is 9.96. The number of rotatable bonds is 3. The van der Waals surface area contributed by atoms with E-state index in [2.05, 4.69) is 20.3 Å². The molecule has 1 aromatic heterocycles. The number of nitrogens with zero attached hydrogens (tertiary/aromatic N) is 4. The molecule has 20 heavy (non-hydrogen) atoms. The number of carbonyl (C=O) groups excluding carboxylic acids is 1. The lowest BCUT2D eigenvalue weighted by molar-refractivity contribution is 0.0242. The number of hydrogen-bond donors (Lipinski definition) is 1. The fraction of sp³-hybridized carbons (Fsp3) is 0.769. The molecule has 7 heteroatoms. The Balaban J connectivity index is 1.45. The number of ether oxygens (including phenoxy) is 1. The Morgan fingerprint density at radius 1 is 1.30 bits per heavy atom. The molecule has 3 heterocycles. The van der Waals surface area contributed by atoms with Crippen LogP contribution in [0.1, 0.15) is 23.3 Å². The minimum atomic E-state index is -0.0106. The number of amides is 1. The highest BCUT2D eigenvalue weighted by Gasteiger charge is 2.26. The van der Waals surface area contributed by atoms with E-state index in [1.54, 1.807) is 0 Å². The van der Waals surface area contributed by atoms with Gasteiger partial charge in [0.2, 0.25) is 0 Å². The summed E-state index contributed by atoms with van der Waals surface area (Å²) in [6.45, 7) is 6.56. The maximum absolute atomic E-state index is 12.1. The van der Waals surface area contributed by atoms with Gasteiger partial charge in [0.1, 0.15) is 0 Å². The topological polar surface area (TPSA) is 74.4 Å². The normalized spacial score (nSPS) is 22.1. The van der Waals surface area contributed by atoms with Gasteiger partial charge in [0, 0.05) is 32.7 Å². The maximum atomic E-state index is 12.1. The molecule has 0 atom stereocenters. The van der Waals surface area contributed by atoms with E-state index in [0.717, 1.165) is 58.8 Å². The highest BCUT2D eigenvalue weighted by atomic mass is 16.5. The van der Waals surface area contributed by atoms with E-state index in [-0.39, 0.29) is 5.91 Å². The molecule has 1 aromatic rings. The van der Waals surface area contributed by atoms with Crippen molar-refractivity contribution in [3.05, 3.63) is 11.9 Å². The third-order valence-electron chi connectivity index (χ3n) is 4.16. The second-order valence-corrected chi connectivity index (χ2v) is 5.50. The summed E-state index contributed by atoms with van der Waals surface area (Å²) >= 11 is 0. The van der Waals surface area contributed by atoms with Crippen LogP contribution >= 0.6 is 0 Å². The molecule has 0 aliphatic carbocycles. The van der Waals surface area contributed by atoms with Crippen molar-refractivity contribution >= 4 is 5.91 Å². The summed E-state index contributed by atoms with van der Waals surface area (Å²) in [7, 11) is 0. The molecule has 2 fully saturated rings. The largest absolute Gasteiger partial charge is 0.379 e. The van der Waals surface area contributed by atoms with Crippen molar-refractivity contribution in [1.82, 2.24) is 25.2 Å². The highest BCUT2D eigenvalue weighted by molar-refractivity contribution is 5.91. The van der Waals surface area contributed by atoms with E-state index in [1.165, 1.54) is 6.20 Å². The smallest absolute Gasteiger partial charge is 0.276 e. The van der Waals surface area contributed by atoms with Crippen molar-refractivity contribution < 1.29 is 9.53 Å². The van der Waals surface area contributed by atoms with Gasteiger partial charge in [-0.2, -0.15) is 15.4 Å². The first-order valence-electron chi connectivity index (χ1n) is 7.28. The van der Waals surface area contributed by atoms with Gasteiger partial charge in [-0.05, 0) is 18.8 Å². The Morgan fingerprint density at radius 2 is 2.05 bits per heavy atom. The molecule has 2 aliphatic rings. The SMILES string of the molecule is O=C(c1cn[nH]n1)N1CCC(CN2CCOCC2)CC1. The van der Waals surface area contributed by atoms with E-state index >= 15 is 0 Å². The number of aromatic amines is 1. The van der Waals surface area contributed by atoms with E-state index in [9.17, 15) is 4.79 Å². The summed E-state index contributed by atoms with van der Waals surface area (Å²) in [6, 6.07) is 0. The predicted octanol–water partition coefficient (Wildman–Crippen LogP) is -0.0109. The summed E-state index contributed by atoms with van der Waals surface area (Å²) in [4.78, 5) is 16.5. The maximum Gasteiger partial charge on any atom is 0.276 e. The molecule has 1 amide bonds. The Bertz CT molecular complexity index is 422. The number of aromatic nitrogens is 3. The van der Waals surface area contributed by atoms with E-state index < -0.39 is 0 Å². The first kappa shape index (κ1) is 13.5. The van der Waals surface area contributed by atoms with Gasteiger partial charge in [0.25, 0.3) is 5.91 Å². The zero-order valence-corrected chi connectivity index (χ0v) is 11.6. The van der Waals surface area contributed by atoms with Crippen LogP contribution in [0.15, 0.2) is 6.20 Å². The third-order valence-corrected chi connectivity index (χ3v) is 4.16. The van der Waals surface area contributed by atoms with Gasteiger partial charge < -0.3 is 9.64 Å². The molecule has 0 bridgehead atoms. The average molecular weight is 279 g/mol. The van der Waals surface area contributed by atoms with Crippen LogP contribution in [0.5, 0.6) is 0 Å². The third kappa shape index (κ3) is 3.16. The van der Waals surface area contributed by atoms with Crippen LogP contribution in [0.25, 0.3) is 0 Å². The number of piperidine rings is 1. The van der Waals surface area contributed by atoms with Crippen molar-refractivity contribution in [2.75, 3.05) is 45.9 Å². The van der Waals surface area contributed by atoms with Gasteiger partial charge in [0.05, 0.1) is 19.4 Å². The molecule has 0 radical (unpaired) electrons. The molecule has 0 spiro atoms. The zero-order chi connectivity index (χ0) is 13.8. The number of H-pyrrole nitrogens is 1. The summed E-state index contributed by atoms with van der Waals surface area (Å²) < 4.78 is 5.37. The fourth-order valence-electron chi connectivity index (χ4n) is 2.93. The lowest BCUT2D eigenvalue weighted by Gasteiger charge is -2.35. The molecule has 0 saturated carbocycles. The predicted molar refractivity (Wildman–Crippen MR) is 72.3 cm³/mol. The fourth-order valence-corrected chi connectivity index (χ4v) is 2.93. The van der Waals surface area contributed by atoms with Gasteiger partial charge in [-0.1, -0.05) is 0 Å². The molecular formula is C13H21N5O2. The highest BCUT2D eigenvalue weighted by Crippen LogP contribution is 2.20. The molecule has 110 valence electrons. The number of morpholine rings is 1. The minimum absolute atomic E-state index is 0.0106. The Labute approximate surface area is 118 Å². The summed E-state index contributed by atoms with van der Waals surface area (Å²) in [5.41, 5.74) is 0.414. The van der Waals surface area contributed by atoms with Crippen molar-refractivity contribution in [1.29, 1.82) is 0 Å². The number of hydrogen-bond acceptors (Lipinski definition) is 5. The molecule has 1 N–H and O–H groups in total. The van der Waals surface area contributed by atoms with Crippen LogP contribution in [-0.4, -0.2) is 77.1 Å². The van der Waals surface area contributed by atoms with Crippen molar-refractivity contribution in [2.45, 2.75) is 12.8 Å². The van der Waals surface area contributed by atoms with Gasteiger partial charge in [-0.15, -0.1) is 0 Å². The molecule has 2 saturated heterocycles. The van der Waals surface area contributed by atoms with Crippen LogP contribution in [-0.2, 0) is 4.74 Å². The van der Waals surface area contributed by atoms with Gasteiger partial charge in [-0.25, -0.2) is 0 Å². The van der Waals surface area contributed by atoms with Crippen molar-refractivity contribution in [3.63, 3.8) is 0 Å². The van der Waals surface area contributed by atoms with Gasteiger partial charge in [0.15, 0.2) is 5.69 Å². The Kier molecular flexibility index (Phi) is 4.27. The van der Waals surface area contributed by atoms with E-state index in [4.69, 9.17) is 4.74 Å². The standard InChI is InChI=1S/C13H21N5O2/c19-13(12-9-14-16-15-12)18-3-1-11(2-4-18)10-17-5-7-20-8-6-17/h9,11H,1-8,10H2,(H,14,15,16). The molecule has 7 nitrogen and oxygen atoms in total. The van der Waals surface area contributed by atoms with Crippen LogP contribution in [0, 0.1) is 5.92 Å².